The Hall–Kier alpha value is -3.27. The summed E-state index contributed by atoms with van der Waals surface area (Å²) in [5, 5.41) is 13.2. The zero-order chi connectivity index (χ0) is 24.7. The third-order valence-corrected chi connectivity index (χ3v) is 6.91. The number of carboxylic acid groups (broad SMARTS) is 1. The summed E-state index contributed by atoms with van der Waals surface area (Å²) in [5.74, 6) is -1.36. The fourth-order valence-corrected chi connectivity index (χ4v) is 5.11. The number of rotatable bonds is 5. The summed E-state index contributed by atoms with van der Waals surface area (Å²) >= 11 is 1.50. The maximum atomic E-state index is 13.0. The number of anilines is 2. The highest BCUT2D eigenvalue weighted by molar-refractivity contribution is 7.16. The van der Waals surface area contributed by atoms with E-state index in [-0.39, 0.29) is 5.95 Å². The molecule has 0 saturated carbocycles. The lowest BCUT2D eigenvalue weighted by atomic mass is 9.71. The van der Waals surface area contributed by atoms with Crippen molar-refractivity contribution in [1.29, 1.82) is 0 Å². The number of carbonyl (C=O) groups is 1. The maximum absolute atomic E-state index is 13.0. The molecule has 0 aliphatic heterocycles. The number of hydrogen-bond donors (Lipinski definition) is 2. The van der Waals surface area contributed by atoms with Gasteiger partial charge in [0.2, 0.25) is 5.95 Å². The van der Waals surface area contributed by atoms with E-state index in [4.69, 9.17) is 0 Å². The number of benzene rings is 1. The summed E-state index contributed by atoms with van der Waals surface area (Å²) < 4.78 is 38.9. The predicted molar refractivity (Wildman–Crippen MR) is 125 cm³/mol. The molecule has 1 aromatic carbocycles. The molecule has 0 saturated heterocycles. The van der Waals surface area contributed by atoms with E-state index in [0.29, 0.717) is 18.5 Å². The highest BCUT2D eigenvalue weighted by Gasteiger charge is 2.37. The zero-order valence-corrected chi connectivity index (χ0v) is 19.6. The van der Waals surface area contributed by atoms with E-state index in [1.54, 1.807) is 12.3 Å². The Morgan fingerprint density at radius 1 is 1.24 bits per heavy atom. The largest absolute Gasteiger partial charge is 0.481 e. The van der Waals surface area contributed by atoms with Crippen molar-refractivity contribution in [3.8, 4) is 10.4 Å². The molecule has 0 fully saturated rings. The molecule has 1 aliphatic rings. The second kappa shape index (κ2) is 8.83. The van der Waals surface area contributed by atoms with Gasteiger partial charge in [-0.3, -0.25) is 4.79 Å². The first-order valence-corrected chi connectivity index (χ1v) is 11.4. The van der Waals surface area contributed by atoms with Crippen molar-refractivity contribution >= 4 is 34.5 Å². The Morgan fingerprint density at radius 2 is 2.00 bits per heavy atom. The summed E-state index contributed by atoms with van der Waals surface area (Å²) in [6, 6.07) is 6.40. The molecule has 0 radical (unpaired) electrons. The van der Waals surface area contributed by atoms with Gasteiger partial charge in [0.25, 0.3) is 0 Å². The molecule has 2 N–H and O–H groups in total. The number of aliphatic carboxylic acids is 1. The minimum Gasteiger partial charge on any atom is -0.481 e. The average molecular weight is 489 g/mol. The third kappa shape index (κ3) is 5.11. The lowest BCUT2D eigenvalue weighted by Gasteiger charge is -2.33. The van der Waals surface area contributed by atoms with Crippen molar-refractivity contribution < 1.29 is 23.1 Å². The van der Waals surface area contributed by atoms with Crippen LogP contribution in [-0.4, -0.2) is 26.0 Å². The molecule has 1 atom stereocenters. The highest BCUT2D eigenvalue weighted by Crippen LogP contribution is 2.43. The monoisotopic (exact) mass is 488 g/mol. The molecule has 34 heavy (non-hydrogen) atoms. The number of aromatic nitrogens is 3. The Morgan fingerprint density at radius 3 is 2.68 bits per heavy atom. The summed E-state index contributed by atoms with van der Waals surface area (Å²) in [6.45, 7) is 5.74. The minimum absolute atomic E-state index is 0.140. The van der Waals surface area contributed by atoms with E-state index in [2.05, 4.69) is 20.3 Å². The van der Waals surface area contributed by atoms with Crippen molar-refractivity contribution in [2.45, 2.75) is 39.8 Å². The van der Waals surface area contributed by atoms with E-state index >= 15 is 0 Å². The summed E-state index contributed by atoms with van der Waals surface area (Å²) in [5.41, 5.74) is 1.87. The van der Waals surface area contributed by atoms with Crippen LogP contribution in [0.5, 0.6) is 0 Å². The van der Waals surface area contributed by atoms with Crippen LogP contribution in [0.15, 0.2) is 42.7 Å². The summed E-state index contributed by atoms with van der Waals surface area (Å²) in [4.78, 5) is 24.5. The smallest absolute Gasteiger partial charge is 0.433 e. The lowest BCUT2D eigenvalue weighted by molar-refractivity contribution is -0.145. The molecule has 0 bridgehead atoms. The van der Waals surface area contributed by atoms with E-state index in [1.807, 2.05) is 39.0 Å². The van der Waals surface area contributed by atoms with Gasteiger partial charge in [-0.1, -0.05) is 26.0 Å². The number of thiazole rings is 1. The van der Waals surface area contributed by atoms with Crippen LogP contribution in [0.1, 0.15) is 43.0 Å². The van der Waals surface area contributed by atoms with Gasteiger partial charge in [0, 0.05) is 18.1 Å². The fourth-order valence-electron chi connectivity index (χ4n) is 4.16. The van der Waals surface area contributed by atoms with E-state index in [1.165, 1.54) is 11.3 Å². The second-order valence-corrected chi connectivity index (χ2v) is 9.96. The predicted octanol–water partition coefficient (Wildman–Crippen LogP) is 6.58. The molecule has 0 amide bonds. The molecule has 178 valence electrons. The first kappa shape index (κ1) is 23.9. The zero-order valence-electron chi connectivity index (χ0n) is 18.8. The molecule has 2 aromatic heterocycles. The van der Waals surface area contributed by atoms with Gasteiger partial charge in [-0.15, -0.1) is 11.3 Å². The third-order valence-electron chi connectivity index (χ3n) is 5.79. The molecule has 4 rings (SSSR count). The van der Waals surface area contributed by atoms with Crippen molar-refractivity contribution in [3.63, 3.8) is 0 Å². The quantitative estimate of drug-likeness (QED) is 0.422. The molecule has 10 heteroatoms. The van der Waals surface area contributed by atoms with Crippen molar-refractivity contribution in [2.24, 2.45) is 11.3 Å². The van der Waals surface area contributed by atoms with Gasteiger partial charge in [0.05, 0.1) is 10.8 Å². The molecule has 2 heterocycles. The number of halogens is 3. The van der Waals surface area contributed by atoms with Crippen molar-refractivity contribution in [1.82, 2.24) is 15.0 Å². The first-order valence-electron chi connectivity index (χ1n) is 10.6. The second-order valence-electron chi connectivity index (χ2n) is 8.93. The van der Waals surface area contributed by atoms with Gasteiger partial charge in [0.15, 0.2) is 0 Å². The van der Waals surface area contributed by atoms with Gasteiger partial charge in [-0.25, -0.2) is 15.0 Å². The van der Waals surface area contributed by atoms with E-state index in [0.717, 1.165) is 38.8 Å². The Balaban J connectivity index is 1.60. The molecular weight excluding hydrogens is 465 g/mol. The van der Waals surface area contributed by atoms with E-state index < -0.39 is 29.2 Å². The molecule has 1 unspecified atom stereocenters. The topological polar surface area (TPSA) is 88.0 Å². The SMILES string of the molecule is Cc1cc(Nc2nccc(C(F)(F)F)n2)cc(-c2cnc(C3=CC(C)(C)C(C(=O)O)CC3)s2)c1. The Labute approximate surface area is 198 Å². The van der Waals surface area contributed by atoms with Crippen molar-refractivity contribution in [2.75, 3.05) is 5.32 Å². The normalized spacial score (nSPS) is 17.8. The molecule has 0 spiro atoms. The minimum atomic E-state index is -4.55. The fraction of sp³-hybridized carbons (Fsp3) is 0.333. The number of nitrogens with one attached hydrogen (secondary N) is 1. The van der Waals surface area contributed by atoms with Crippen LogP contribution >= 0.6 is 11.3 Å². The Bertz CT molecular complexity index is 1270. The van der Waals surface area contributed by atoms with Gasteiger partial charge >= 0.3 is 12.1 Å². The van der Waals surface area contributed by atoms with Gasteiger partial charge in [0.1, 0.15) is 10.7 Å². The number of alkyl halides is 3. The van der Waals surface area contributed by atoms with Crippen LogP contribution in [0.4, 0.5) is 24.8 Å². The molecular formula is C24H23F3N4O2S. The van der Waals surface area contributed by atoms with Gasteiger partial charge in [-0.05, 0) is 60.1 Å². The van der Waals surface area contributed by atoms with Crippen molar-refractivity contribution in [3.05, 3.63) is 59.0 Å². The molecule has 6 nitrogen and oxygen atoms in total. The number of hydrogen-bond acceptors (Lipinski definition) is 6. The number of allylic oxidation sites excluding steroid dienone is 2. The van der Waals surface area contributed by atoms with Crippen LogP contribution in [0, 0.1) is 18.3 Å². The first-order chi connectivity index (χ1) is 15.9. The molecule has 3 aromatic rings. The lowest BCUT2D eigenvalue weighted by Crippen LogP contribution is -2.32. The number of aryl methyl sites for hydroxylation is 1. The van der Waals surface area contributed by atoms with Crippen LogP contribution in [0.2, 0.25) is 0 Å². The maximum Gasteiger partial charge on any atom is 0.433 e. The number of nitrogens with zero attached hydrogens (tertiary/aromatic N) is 3. The van der Waals surface area contributed by atoms with Crippen LogP contribution < -0.4 is 5.32 Å². The summed E-state index contributed by atoms with van der Waals surface area (Å²) in [6.07, 6.45) is 1.48. The average Bonchev–Trinajstić information content (AvgIpc) is 3.22. The van der Waals surface area contributed by atoms with Gasteiger partial charge in [-0.2, -0.15) is 13.2 Å². The van der Waals surface area contributed by atoms with E-state index in [9.17, 15) is 23.1 Å². The Kier molecular flexibility index (Phi) is 6.20. The van der Waals surface area contributed by atoms with Gasteiger partial charge < -0.3 is 10.4 Å². The van der Waals surface area contributed by atoms with Crippen LogP contribution in [0.3, 0.4) is 0 Å². The van der Waals surface area contributed by atoms with Crippen LogP contribution in [-0.2, 0) is 11.0 Å². The standard InChI is InChI=1S/C24H23F3N4O2S/c1-13-8-15(10-16(9-13)30-22-28-7-6-19(31-22)24(25,26)27)18-12-29-20(34-18)14-4-5-17(21(32)33)23(2,3)11-14/h6-12,17H,4-5H2,1-3H3,(H,32,33)(H,28,30,31). The summed E-state index contributed by atoms with van der Waals surface area (Å²) in [7, 11) is 0. The molecule has 1 aliphatic carbocycles. The number of carboxylic acids is 1. The van der Waals surface area contributed by atoms with Crippen LogP contribution in [0.25, 0.3) is 16.0 Å². The highest BCUT2D eigenvalue weighted by atomic mass is 32.1.